The van der Waals surface area contributed by atoms with Crippen molar-refractivity contribution in [2.45, 2.75) is 0 Å². The van der Waals surface area contributed by atoms with E-state index in [1.165, 1.54) is 12.3 Å². The molecule has 6 heteroatoms. The molecule has 0 radical (unpaired) electrons. The Bertz CT molecular complexity index is 417. The van der Waals surface area contributed by atoms with Gasteiger partial charge in [0.2, 0.25) is 0 Å². The predicted molar refractivity (Wildman–Crippen MR) is 44.6 cm³/mol. The summed E-state index contributed by atoms with van der Waals surface area (Å²) in [7, 11) is 0. The van der Waals surface area contributed by atoms with E-state index in [-0.39, 0.29) is 5.69 Å². The average molecular weight is 178 g/mol. The largest absolute Gasteiger partial charge is 0.302 e. The Morgan fingerprint density at radius 3 is 2.92 bits per heavy atom. The highest BCUT2D eigenvalue weighted by molar-refractivity contribution is 5.32. The third-order valence-corrected chi connectivity index (χ3v) is 1.65. The molecular formula is C7H6N4O2. The molecule has 2 aromatic heterocycles. The molecule has 1 N–H and O–H groups in total. The van der Waals surface area contributed by atoms with Crippen LogP contribution in [0.15, 0.2) is 30.7 Å². The van der Waals surface area contributed by atoms with Crippen molar-refractivity contribution in [3.63, 3.8) is 0 Å². The standard InChI is InChI=1S/C7H6N4O2/c12-11(13)6-2-4-10(5-6)7-1-3-8-9-7/h1-5H,(H,8,9). The van der Waals surface area contributed by atoms with Gasteiger partial charge in [0.25, 0.3) is 5.69 Å². The Labute approximate surface area is 73.0 Å². The van der Waals surface area contributed by atoms with Gasteiger partial charge in [-0.1, -0.05) is 0 Å². The van der Waals surface area contributed by atoms with Crippen molar-refractivity contribution in [1.29, 1.82) is 0 Å². The van der Waals surface area contributed by atoms with Crippen molar-refractivity contribution in [2.24, 2.45) is 0 Å². The topological polar surface area (TPSA) is 76.8 Å². The zero-order chi connectivity index (χ0) is 9.26. The highest BCUT2D eigenvalue weighted by atomic mass is 16.6. The van der Waals surface area contributed by atoms with Gasteiger partial charge in [-0.2, -0.15) is 5.10 Å². The molecule has 0 bridgehead atoms. The second-order valence-electron chi connectivity index (χ2n) is 2.48. The molecule has 0 aliphatic heterocycles. The van der Waals surface area contributed by atoms with Crippen LogP contribution in [0, 0.1) is 10.1 Å². The van der Waals surface area contributed by atoms with E-state index in [4.69, 9.17) is 0 Å². The van der Waals surface area contributed by atoms with E-state index in [2.05, 4.69) is 10.2 Å². The summed E-state index contributed by atoms with van der Waals surface area (Å²) in [5.41, 5.74) is 0.0644. The van der Waals surface area contributed by atoms with Crippen molar-refractivity contribution >= 4 is 5.69 Å². The zero-order valence-electron chi connectivity index (χ0n) is 6.54. The van der Waals surface area contributed by atoms with E-state index in [9.17, 15) is 10.1 Å². The fourth-order valence-corrected chi connectivity index (χ4v) is 1.04. The minimum Gasteiger partial charge on any atom is -0.302 e. The lowest BCUT2D eigenvalue weighted by atomic mass is 10.6. The minimum atomic E-state index is -0.438. The lowest BCUT2D eigenvalue weighted by Gasteiger charge is -1.93. The van der Waals surface area contributed by atoms with E-state index >= 15 is 0 Å². The van der Waals surface area contributed by atoms with Gasteiger partial charge in [0, 0.05) is 18.3 Å². The number of H-pyrrole nitrogens is 1. The highest BCUT2D eigenvalue weighted by Gasteiger charge is 2.07. The molecule has 0 amide bonds. The fourth-order valence-electron chi connectivity index (χ4n) is 1.04. The maximum Gasteiger partial charge on any atom is 0.287 e. The highest BCUT2D eigenvalue weighted by Crippen LogP contribution is 2.13. The number of hydrogen-bond donors (Lipinski definition) is 1. The van der Waals surface area contributed by atoms with E-state index < -0.39 is 4.92 Å². The lowest BCUT2D eigenvalue weighted by Crippen LogP contribution is -1.90. The molecule has 13 heavy (non-hydrogen) atoms. The molecule has 0 aliphatic rings. The molecule has 2 rings (SSSR count). The van der Waals surface area contributed by atoms with Gasteiger partial charge < -0.3 is 4.57 Å². The zero-order valence-corrected chi connectivity index (χ0v) is 6.54. The Balaban J connectivity index is 2.39. The summed E-state index contributed by atoms with van der Waals surface area (Å²) < 4.78 is 1.60. The van der Waals surface area contributed by atoms with E-state index in [1.807, 2.05) is 0 Å². The number of nitrogens with one attached hydrogen (secondary N) is 1. The molecule has 0 atom stereocenters. The molecule has 0 fully saturated rings. The van der Waals surface area contributed by atoms with Crippen LogP contribution in [0.25, 0.3) is 5.82 Å². The molecular weight excluding hydrogens is 172 g/mol. The smallest absolute Gasteiger partial charge is 0.287 e. The summed E-state index contributed by atoms with van der Waals surface area (Å²) in [6.45, 7) is 0. The summed E-state index contributed by atoms with van der Waals surface area (Å²) in [5, 5.41) is 16.8. The molecule has 0 unspecified atom stereocenters. The first kappa shape index (κ1) is 7.53. The average Bonchev–Trinajstić information content (AvgIpc) is 2.75. The summed E-state index contributed by atoms with van der Waals surface area (Å²) >= 11 is 0. The number of aromatic nitrogens is 3. The molecule has 0 saturated heterocycles. The molecule has 6 nitrogen and oxygen atoms in total. The number of rotatable bonds is 2. The van der Waals surface area contributed by atoms with Gasteiger partial charge >= 0.3 is 0 Å². The lowest BCUT2D eigenvalue weighted by molar-refractivity contribution is -0.384. The maximum atomic E-state index is 10.4. The Morgan fingerprint density at radius 1 is 1.54 bits per heavy atom. The first-order valence-corrected chi connectivity index (χ1v) is 3.59. The van der Waals surface area contributed by atoms with E-state index in [0.29, 0.717) is 5.82 Å². The second kappa shape index (κ2) is 2.74. The number of nitro groups is 1. The molecule has 0 aliphatic carbocycles. The monoisotopic (exact) mass is 178 g/mol. The summed E-state index contributed by atoms with van der Waals surface area (Å²) in [6.07, 6.45) is 4.61. The predicted octanol–water partition coefficient (Wildman–Crippen LogP) is 1.11. The van der Waals surface area contributed by atoms with Crippen LogP contribution in [0.1, 0.15) is 0 Å². The molecule has 0 aromatic carbocycles. The summed E-state index contributed by atoms with van der Waals surface area (Å²) in [5.74, 6) is 0.702. The summed E-state index contributed by atoms with van der Waals surface area (Å²) in [4.78, 5) is 9.91. The fraction of sp³-hybridized carbons (Fsp3) is 0. The van der Waals surface area contributed by atoms with E-state index in [0.717, 1.165) is 0 Å². The Kier molecular flexibility index (Phi) is 1.59. The van der Waals surface area contributed by atoms with Crippen LogP contribution in [-0.4, -0.2) is 19.7 Å². The van der Waals surface area contributed by atoms with Gasteiger partial charge in [-0.15, -0.1) is 0 Å². The van der Waals surface area contributed by atoms with Crippen molar-refractivity contribution < 1.29 is 4.92 Å². The van der Waals surface area contributed by atoms with Gasteiger partial charge in [0.15, 0.2) is 0 Å². The second-order valence-corrected chi connectivity index (χ2v) is 2.48. The maximum absolute atomic E-state index is 10.4. The van der Waals surface area contributed by atoms with Crippen molar-refractivity contribution in [3.05, 3.63) is 40.8 Å². The van der Waals surface area contributed by atoms with Crippen LogP contribution >= 0.6 is 0 Å². The SMILES string of the molecule is O=[N+]([O-])c1ccn(-c2ccn[nH]2)c1. The van der Waals surface area contributed by atoms with Gasteiger partial charge in [-0.05, 0) is 0 Å². The quantitative estimate of drug-likeness (QED) is 0.552. The first-order chi connectivity index (χ1) is 6.27. The third kappa shape index (κ3) is 1.28. The molecule has 2 heterocycles. The molecule has 66 valence electrons. The van der Waals surface area contributed by atoms with Crippen LogP contribution < -0.4 is 0 Å². The number of hydrogen-bond acceptors (Lipinski definition) is 3. The van der Waals surface area contributed by atoms with Crippen molar-refractivity contribution in [1.82, 2.24) is 14.8 Å². The number of nitrogens with zero attached hydrogens (tertiary/aromatic N) is 3. The van der Waals surface area contributed by atoms with Crippen molar-refractivity contribution in [3.8, 4) is 5.82 Å². The van der Waals surface area contributed by atoms with Gasteiger partial charge in [-0.3, -0.25) is 15.2 Å². The van der Waals surface area contributed by atoms with Gasteiger partial charge in [0.05, 0.1) is 17.3 Å². The molecule has 0 spiro atoms. The van der Waals surface area contributed by atoms with Crippen LogP contribution in [0.4, 0.5) is 5.69 Å². The normalized spacial score (nSPS) is 10.2. The molecule has 0 saturated carbocycles. The van der Waals surface area contributed by atoms with Crippen molar-refractivity contribution in [2.75, 3.05) is 0 Å². The summed E-state index contributed by atoms with van der Waals surface area (Å²) in [6, 6.07) is 3.16. The third-order valence-electron chi connectivity index (χ3n) is 1.65. The van der Waals surface area contributed by atoms with Crippen LogP contribution in [0.2, 0.25) is 0 Å². The van der Waals surface area contributed by atoms with Crippen LogP contribution in [-0.2, 0) is 0 Å². The van der Waals surface area contributed by atoms with E-state index in [1.54, 1.807) is 23.0 Å². The van der Waals surface area contributed by atoms with Crippen LogP contribution in [0.5, 0.6) is 0 Å². The molecule has 2 aromatic rings. The Morgan fingerprint density at radius 2 is 2.38 bits per heavy atom. The minimum absolute atomic E-state index is 0.0644. The Hall–Kier alpha value is -2.11. The van der Waals surface area contributed by atoms with Gasteiger partial charge in [-0.25, -0.2) is 0 Å². The van der Waals surface area contributed by atoms with Crippen LogP contribution in [0.3, 0.4) is 0 Å². The van der Waals surface area contributed by atoms with Gasteiger partial charge in [0.1, 0.15) is 5.82 Å². The first-order valence-electron chi connectivity index (χ1n) is 3.59. The number of aromatic amines is 1.